The van der Waals surface area contributed by atoms with E-state index in [4.69, 9.17) is 0 Å². The molecule has 3 heterocycles. The third-order valence-electron chi connectivity index (χ3n) is 4.84. The molecule has 0 saturated carbocycles. The second-order valence-corrected chi connectivity index (χ2v) is 8.13. The molecule has 0 aliphatic heterocycles. The Morgan fingerprint density at radius 2 is 1.88 bits per heavy atom. The molecule has 0 fully saturated rings. The lowest BCUT2D eigenvalue weighted by atomic mass is 10.1. The zero-order valence-electron chi connectivity index (χ0n) is 17.1. The van der Waals surface area contributed by atoms with Crippen molar-refractivity contribution in [2.24, 2.45) is 0 Å². The number of pyridine rings is 1. The third-order valence-corrected chi connectivity index (χ3v) is 5.88. The Hall–Kier alpha value is -4.17. The number of carbonyl (C=O) groups is 1. The summed E-state index contributed by atoms with van der Waals surface area (Å²) in [6, 6.07) is 19.0. The van der Waals surface area contributed by atoms with Crippen LogP contribution in [0.2, 0.25) is 0 Å². The van der Waals surface area contributed by atoms with Crippen LogP contribution in [0.4, 0.5) is 17.3 Å². The topological polar surface area (TPSA) is 92.7 Å². The average molecular weight is 439 g/mol. The highest BCUT2D eigenvalue weighted by molar-refractivity contribution is 7.20. The number of nitrogens with zero attached hydrogens (tertiary/aromatic N) is 4. The summed E-state index contributed by atoms with van der Waals surface area (Å²) in [5, 5.41) is 6.60. The van der Waals surface area contributed by atoms with Crippen LogP contribution in [-0.2, 0) is 0 Å². The molecule has 0 aliphatic carbocycles. The van der Waals surface area contributed by atoms with Gasteiger partial charge in [-0.2, -0.15) is 0 Å². The first-order valence-electron chi connectivity index (χ1n) is 9.94. The molecule has 0 spiro atoms. The van der Waals surface area contributed by atoms with Crippen LogP contribution in [0.15, 0.2) is 79.3 Å². The smallest absolute Gasteiger partial charge is 0.284 e. The van der Waals surface area contributed by atoms with Gasteiger partial charge in [0.2, 0.25) is 5.95 Å². The van der Waals surface area contributed by atoms with Gasteiger partial charge < -0.3 is 10.6 Å². The number of aromatic nitrogens is 4. The molecule has 7 nitrogen and oxygen atoms in total. The molecule has 156 valence electrons. The molecule has 8 heteroatoms. The fourth-order valence-electron chi connectivity index (χ4n) is 3.20. The normalized spacial score (nSPS) is 10.8. The second-order valence-electron chi connectivity index (χ2n) is 7.10. The highest BCUT2D eigenvalue weighted by Crippen LogP contribution is 2.26. The van der Waals surface area contributed by atoms with E-state index < -0.39 is 0 Å². The molecule has 5 rings (SSSR count). The number of fused-ring (bicyclic) bond motifs is 1. The molecule has 3 aromatic heterocycles. The molecule has 0 bridgehead atoms. The van der Waals surface area contributed by atoms with Gasteiger partial charge in [0.25, 0.3) is 5.91 Å². The maximum absolute atomic E-state index is 12.7. The third kappa shape index (κ3) is 4.17. The first-order valence-corrected chi connectivity index (χ1v) is 10.8. The van der Waals surface area contributed by atoms with Crippen molar-refractivity contribution in [1.82, 2.24) is 19.9 Å². The standard InChI is InChI=1S/C24H18N6OS/c1-15-8-9-17(27-22(31)23-28-19-6-2-3-7-21(19)32-23)13-20(15)30-24-26-12-10-18(29-24)16-5-4-11-25-14-16/h2-14H,1H3,(H,27,31)(H,26,29,30). The Kier molecular flexibility index (Phi) is 5.27. The van der Waals surface area contributed by atoms with Crippen molar-refractivity contribution >= 4 is 44.8 Å². The largest absolute Gasteiger partial charge is 0.324 e. The van der Waals surface area contributed by atoms with E-state index in [0.717, 1.165) is 32.7 Å². The van der Waals surface area contributed by atoms with Gasteiger partial charge in [-0.25, -0.2) is 15.0 Å². The van der Waals surface area contributed by atoms with Crippen LogP contribution < -0.4 is 10.6 Å². The molecule has 0 atom stereocenters. The first-order chi connectivity index (χ1) is 15.7. The van der Waals surface area contributed by atoms with Gasteiger partial charge in [-0.05, 0) is 55.0 Å². The molecular weight excluding hydrogens is 420 g/mol. The number of amides is 1. The molecule has 32 heavy (non-hydrogen) atoms. The second kappa shape index (κ2) is 8.52. The predicted octanol–water partition coefficient (Wildman–Crippen LogP) is 5.45. The van der Waals surface area contributed by atoms with Gasteiger partial charge in [0.15, 0.2) is 5.01 Å². The first kappa shape index (κ1) is 19.8. The Labute approximate surface area is 188 Å². The van der Waals surface area contributed by atoms with Gasteiger partial charge in [0.1, 0.15) is 0 Å². The summed E-state index contributed by atoms with van der Waals surface area (Å²) < 4.78 is 0.981. The summed E-state index contributed by atoms with van der Waals surface area (Å²) >= 11 is 1.37. The van der Waals surface area contributed by atoms with Crippen LogP contribution in [0.25, 0.3) is 21.5 Å². The van der Waals surface area contributed by atoms with Crippen LogP contribution in [0.1, 0.15) is 15.4 Å². The fourth-order valence-corrected chi connectivity index (χ4v) is 4.06. The van der Waals surface area contributed by atoms with Crippen LogP contribution in [0, 0.1) is 6.92 Å². The zero-order chi connectivity index (χ0) is 21.9. The maximum atomic E-state index is 12.7. The van der Waals surface area contributed by atoms with E-state index in [1.54, 1.807) is 18.6 Å². The van der Waals surface area contributed by atoms with Crippen molar-refractivity contribution in [2.45, 2.75) is 6.92 Å². The maximum Gasteiger partial charge on any atom is 0.284 e. The summed E-state index contributed by atoms with van der Waals surface area (Å²) in [4.78, 5) is 30.2. The van der Waals surface area contributed by atoms with Crippen molar-refractivity contribution in [1.29, 1.82) is 0 Å². The van der Waals surface area contributed by atoms with Crippen molar-refractivity contribution < 1.29 is 4.79 Å². The van der Waals surface area contributed by atoms with E-state index in [1.165, 1.54) is 11.3 Å². The van der Waals surface area contributed by atoms with Crippen molar-refractivity contribution in [3.63, 3.8) is 0 Å². The molecular formula is C24H18N6OS. The van der Waals surface area contributed by atoms with Gasteiger partial charge in [-0.3, -0.25) is 9.78 Å². The monoisotopic (exact) mass is 438 g/mol. The predicted molar refractivity (Wildman–Crippen MR) is 127 cm³/mol. The Bertz CT molecular complexity index is 1380. The zero-order valence-corrected chi connectivity index (χ0v) is 17.9. The number of anilines is 3. The van der Waals surface area contributed by atoms with Crippen LogP contribution in [0.3, 0.4) is 0 Å². The number of benzene rings is 2. The lowest BCUT2D eigenvalue weighted by Gasteiger charge is -2.11. The summed E-state index contributed by atoms with van der Waals surface area (Å²) in [6.07, 6.45) is 5.18. The van der Waals surface area contributed by atoms with Crippen LogP contribution >= 0.6 is 11.3 Å². The minimum Gasteiger partial charge on any atom is -0.324 e. The SMILES string of the molecule is Cc1ccc(NC(=O)c2nc3ccccc3s2)cc1Nc1nccc(-c2cccnc2)n1. The number of carbonyl (C=O) groups excluding carboxylic acids is 1. The van der Waals surface area contributed by atoms with Gasteiger partial charge in [-0.1, -0.05) is 18.2 Å². The molecule has 5 aromatic rings. The number of rotatable bonds is 5. The number of thiazole rings is 1. The van der Waals surface area contributed by atoms with E-state index in [1.807, 2.05) is 67.6 Å². The molecule has 0 saturated heterocycles. The number of para-hydroxylation sites is 1. The van der Waals surface area contributed by atoms with Gasteiger partial charge in [0.05, 0.1) is 15.9 Å². The van der Waals surface area contributed by atoms with E-state index in [-0.39, 0.29) is 5.91 Å². The number of nitrogens with one attached hydrogen (secondary N) is 2. The summed E-state index contributed by atoms with van der Waals surface area (Å²) in [5.74, 6) is 0.222. The average Bonchev–Trinajstić information content (AvgIpc) is 3.27. The number of aryl methyl sites for hydroxylation is 1. The Morgan fingerprint density at radius 3 is 2.72 bits per heavy atom. The Morgan fingerprint density at radius 1 is 0.969 bits per heavy atom. The number of hydrogen-bond acceptors (Lipinski definition) is 7. The van der Waals surface area contributed by atoms with Gasteiger partial charge >= 0.3 is 0 Å². The number of hydrogen-bond donors (Lipinski definition) is 2. The van der Waals surface area contributed by atoms with E-state index in [2.05, 4.69) is 30.6 Å². The van der Waals surface area contributed by atoms with Crippen molar-refractivity contribution in [2.75, 3.05) is 10.6 Å². The molecule has 0 unspecified atom stereocenters. The minimum absolute atomic E-state index is 0.240. The summed E-state index contributed by atoms with van der Waals surface area (Å²) in [7, 11) is 0. The highest BCUT2D eigenvalue weighted by atomic mass is 32.1. The molecule has 2 N–H and O–H groups in total. The Balaban J connectivity index is 1.36. The van der Waals surface area contributed by atoms with Crippen molar-refractivity contribution in [3.8, 4) is 11.3 Å². The highest BCUT2D eigenvalue weighted by Gasteiger charge is 2.13. The van der Waals surface area contributed by atoms with E-state index in [0.29, 0.717) is 16.6 Å². The van der Waals surface area contributed by atoms with Gasteiger partial charge in [0, 0.05) is 35.5 Å². The van der Waals surface area contributed by atoms with Crippen molar-refractivity contribution in [3.05, 3.63) is 89.8 Å². The summed E-state index contributed by atoms with van der Waals surface area (Å²) in [5.41, 5.74) is 4.96. The minimum atomic E-state index is -0.240. The van der Waals surface area contributed by atoms with Crippen LogP contribution in [0.5, 0.6) is 0 Å². The fraction of sp³-hybridized carbons (Fsp3) is 0.0417. The molecule has 2 aromatic carbocycles. The van der Waals surface area contributed by atoms with E-state index >= 15 is 0 Å². The lowest BCUT2D eigenvalue weighted by Crippen LogP contribution is -2.11. The van der Waals surface area contributed by atoms with Crippen LogP contribution in [-0.4, -0.2) is 25.8 Å². The summed E-state index contributed by atoms with van der Waals surface area (Å²) in [6.45, 7) is 1.98. The molecule has 0 aliphatic rings. The van der Waals surface area contributed by atoms with Gasteiger partial charge in [-0.15, -0.1) is 11.3 Å². The lowest BCUT2D eigenvalue weighted by molar-refractivity contribution is 0.102. The van der Waals surface area contributed by atoms with E-state index in [9.17, 15) is 4.79 Å². The quantitative estimate of drug-likeness (QED) is 0.379. The molecule has 0 radical (unpaired) electrons. The molecule has 1 amide bonds.